The Balaban J connectivity index is 3.92. The topological polar surface area (TPSA) is 127 Å². The first kappa shape index (κ1) is 11.6. The zero-order valence-electron chi connectivity index (χ0n) is 6.49. The van der Waals surface area contributed by atoms with Crippen molar-refractivity contribution in [3.8, 4) is 0 Å². The molecule has 0 saturated heterocycles. The highest BCUT2D eigenvalue weighted by Crippen LogP contribution is 2.20. The zero-order valence-corrected chi connectivity index (χ0v) is 7.49. The average molecular weight is 196 g/mol. The van der Waals surface area contributed by atoms with Crippen molar-refractivity contribution < 1.29 is 19.6 Å². The maximum Gasteiger partial charge on any atom is 0.338 e. The van der Waals surface area contributed by atoms with E-state index in [1.165, 1.54) is 0 Å². The van der Waals surface area contributed by atoms with Crippen LogP contribution in [-0.4, -0.2) is 34.4 Å². The molecule has 6 nitrogen and oxygen atoms in total. The molecular weight excluding hydrogens is 183 g/mol. The average Bonchev–Trinajstić information content (AvgIpc) is 2.00. The summed E-state index contributed by atoms with van der Waals surface area (Å²) in [5, 5.41) is 16.8. The Morgan fingerprint density at radius 3 is 2.33 bits per heavy atom. The minimum Gasteiger partial charge on any atom is -0.479 e. The van der Waals surface area contributed by atoms with E-state index >= 15 is 0 Å². The van der Waals surface area contributed by atoms with Crippen molar-refractivity contribution >= 4 is 13.8 Å². The predicted octanol–water partition coefficient (Wildman–Crippen LogP) is -1.42. The lowest BCUT2D eigenvalue weighted by atomic mass is 10.1. The second kappa shape index (κ2) is 4.57. The molecule has 0 rings (SSSR count). The Morgan fingerprint density at radius 1 is 1.50 bits per heavy atom. The number of hydrogen-bond acceptors (Lipinski definition) is 5. The fourth-order valence-corrected chi connectivity index (χ4v) is 1.38. The van der Waals surface area contributed by atoms with Gasteiger partial charge < -0.3 is 26.2 Å². The summed E-state index contributed by atoms with van der Waals surface area (Å²) >= 11 is 0. The molecule has 0 radical (unpaired) electrons. The van der Waals surface area contributed by atoms with Gasteiger partial charge in [-0.3, -0.25) is 0 Å². The minimum absolute atomic E-state index is 0.0560. The van der Waals surface area contributed by atoms with Crippen LogP contribution in [0.25, 0.3) is 0 Å². The summed E-state index contributed by atoms with van der Waals surface area (Å²) in [5.41, 5.74) is 8.44. The molecule has 0 aliphatic rings. The monoisotopic (exact) mass is 196 g/mol. The van der Waals surface area contributed by atoms with Crippen LogP contribution in [-0.2, 0) is 9.36 Å². The number of carbonyl (C=O) groups is 1. The van der Waals surface area contributed by atoms with Crippen molar-refractivity contribution in [3.63, 3.8) is 0 Å². The molecule has 1 atom stereocenters. The van der Waals surface area contributed by atoms with Gasteiger partial charge in [0.05, 0.1) is 6.35 Å². The molecule has 6 N–H and O–H groups in total. The van der Waals surface area contributed by atoms with E-state index in [1.807, 2.05) is 0 Å². The number of aliphatic hydroxyl groups excluding tert-OH is 1. The van der Waals surface area contributed by atoms with Crippen LogP contribution in [0.15, 0.2) is 0 Å². The van der Waals surface area contributed by atoms with Crippen LogP contribution in [0, 0.1) is 0 Å². The van der Waals surface area contributed by atoms with E-state index in [2.05, 4.69) is 0 Å². The van der Waals surface area contributed by atoms with Gasteiger partial charge in [0.15, 0.2) is 5.66 Å². The molecule has 0 saturated carbocycles. The molecule has 0 aliphatic heterocycles. The molecule has 0 aliphatic carbocycles. The van der Waals surface area contributed by atoms with Gasteiger partial charge in [0.25, 0.3) is 0 Å². The Morgan fingerprint density at radius 2 is 2.00 bits per heavy atom. The lowest BCUT2D eigenvalue weighted by Crippen LogP contribution is -2.56. The zero-order chi connectivity index (χ0) is 9.78. The van der Waals surface area contributed by atoms with E-state index in [0.29, 0.717) is 0 Å². The van der Waals surface area contributed by atoms with Crippen LogP contribution in [0.3, 0.4) is 0 Å². The highest BCUT2D eigenvalue weighted by atomic mass is 31.1. The van der Waals surface area contributed by atoms with Crippen LogP contribution in [0.2, 0.25) is 0 Å². The molecule has 72 valence electrons. The molecule has 0 bridgehead atoms. The van der Waals surface area contributed by atoms with E-state index in [4.69, 9.17) is 21.7 Å². The van der Waals surface area contributed by atoms with Gasteiger partial charge in [-0.2, -0.15) is 0 Å². The van der Waals surface area contributed by atoms with Crippen molar-refractivity contribution in [2.45, 2.75) is 12.1 Å². The molecule has 12 heavy (non-hydrogen) atoms. The van der Waals surface area contributed by atoms with Crippen LogP contribution in [0.4, 0.5) is 0 Å². The van der Waals surface area contributed by atoms with E-state index in [9.17, 15) is 9.36 Å². The van der Waals surface area contributed by atoms with Crippen LogP contribution in [0.1, 0.15) is 6.42 Å². The van der Waals surface area contributed by atoms with Gasteiger partial charge in [-0.1, -0.05) is 0 Å². The summed E-state index contributed by atoms with van der Waals surface area (Å²) in [7, 11) is -2.11. The number of aliphatic hydroxyl groups is 1. The fourth-order valence-electron chi connectivity index (χ4n) is 0.532. The molecule has 0 fully saturated rings. The van der Waals surface area contributed by atoms with Crippen molar-refractivity contribution in [2.24, 2.45) is 11.5 Å². The molecule has 0 aromatic carbocycles. The smallest absolute Gasteiger partial charge is 0.338 e. The van der Waals surface area contributed by atoms with E-state index in [-0.39, 0.29) is 12.6 Å². The molecule has 0 aromatic rings. The van der Waals surface area contributed by atoms with Crippen molar-refractivity contribution in [3.05, 3.63) is 0 Å². The highest BCUT2D eigenvalue weighted by molar-refractivity contribution is 7.44. The number of carboxylic acids is 1. The van der Waals surface area contributed by atoms with Crippen LogP contribution in [0.5, 0.6) is 0 Å². The maximum absolute atomic E-state index is 10.7. The third kappa shape index (κ3) is 3.82. The summed E-state index contributed by atoms with van der Waals surface area (Å²) in [6.45, 7) is 0. The molecule has 0 spiro atoms. The summed E-state index contributed by atoms with van der Waals surface area (Å²) in [5.74, 6) is -1.34. The third-order valence-electron chi connectivity index (χ3n) is 1.39. The second-order valence-corrected chi connectivity index (χ2v) is 4.44. The van der Waals surface area contributed by atoms with Crippen molar-refractivity contribution in [1.29, 1.82) is 0 Å². The highest BCUT2D eigenvalue weighted by Gasteiger charge is 2.28. The van der Waals surface area contributed by atoms with Gasteiger partial charge in [0, 0.05) is 6.16 Å². The minimum atomic E-state index is -2.11. The van der Waals surface area contributed by atoms with Gasteiger partial charge in [0.1, 0.15) is 7.80 Å². The number of hydrogen-bond donors (Lipinski definition) is 4. The molecule has 7 heteroatoms. The first-order chi connectivity index (χ1) is 5.40. The SMILES string of the molecule is NC(N)(CC[PH](=O)CO)C(=O)O. The second-order valence-electron chi connectivity index (χ2n) is 2.54. The van der Waals surface area contributed by atoms with Crippen LogP contribution < -0.4 is 11.5 Å². The molecule has 0 heterocycles. The predicted molar refractivity (Wildman–Crippen MR) is 44.3 cm³/mol. The largest absolute Gasteiger partial charge is 0.479 e. The summed E-state index contributed by atoms with van der Waals surface area (Å²) < 4.78 is 10.7. The normalized spacial score (nSPS) is 14.2. The lowest BCUT2D eigenvalue weighted by Gasteiger charge is -2.17. The van der Waals surface area contributed by atoms with E-state index < -0.39 is 25.8 Å². The molecule has 0 amide bonds. The van der Waals surface area contributed by atoms with Crippen molar-refractivity contribution in [1.82, 2.24) is 0 Å². The van der Waals surface area contributed by atoms with E-state index in [1.54, 1.807) is 0 Å². The van der Waals surface area contributed by atoms with E-state index in [0.717, 1.165) is 0 Å². The van der Waals surface area contributed by atoms with Gasteiger partial charge >= 0.3 is 5.97 Å². The Kier molecular flexibility index (Phi) is 4.41. The molecular formula is C5H13N2O4P. The Labute approximate surface area is 70.3 Å². The fraction of sp³-hybridized carbons (Fsp3) is 0.800. The number of aliphatic carboxylic acids is 1. The number of rotatable bonds is 5. The maximum atomic E-state index is 10.7. The quantitative estimate of drug-likeness (QED) is 0.316. The van der Waals surface area contributed by atoms with Gasteiger partial charge in [0.2, 0.25) is 0 Å². The van der Waals surface area contributed by atoms with Crippen molar-refractivity contribution in [2.75, 3.05) is 12.5 Å². The number of carboxylic acid groups (broad SMARTS) is 1. The summed E-state index contributed by atoms with van der Waals surface area (Å²) in [6, 6.07) is 0. The third-order valence-corrected chi connectivity index (χ3v) is 2.55. The van der Waals surface area contributed by atoms with Gasteiger partial charge in [-0.25, -0.2) is 4.79 Å². The number of nitrogens with two attached hydrogens (primary N) is 2. The molecule has 0 aromatic heterocycles. The summed E-state index contributed by atoms with van der Waals surface area (Å²) in [6.07, 6.45) is -0.471. The Hall–Kier alpha value is -0.420. The van der Waals surface area contributed by atoms with Crippen LogP contribution >= 0.6 is 7.80 Å². The lowest BCUT2D eigenvalue weighted by molar-refractivity contribution is -0.143. The standard InChI is InChI=1S/C5H13N2O4P/c6-5(7,4(9)10)1-2-12(11)3-8/h8,12H,1-3,6-7H2,(H,9,10). The van der Waals surface area contributed by atoms with Gasteiger partial charge in [-0.05, 0) is 6.42 Å². The Bertz CT molecular complexity index is 194. The molecule has 1 unspecified atom stereocenters. The first-order valence-electron chi connectivity index (χ1n) is 3.34. The first-order valence-corrected chi connectivity index (χ1v) is 5.16. The summed E-state index contributed by atoms with van der Waals surface area (Å²) in [4.78, 5) is 10.3. The van der Waals surface area contributed by atoms with Gasteiger partial charge in [-0.15, -0.1) is 0 Å².